The Labute approximate surface area is 98.1 Å². The smallest absolute Gasteiger partial charge is 0.255 e. The number of carbonyl (C=O) groups excluding carboxylic acids is 1. The minimum Gasteiger partial charge on any atom is -0.504 e. The summed E-state index contributed by atoms with van der Waals surface area (Å²) in [5.41, 5.74) is -1.31. The maximum absolute atomic E-state index is 11.7. The summed E-state index contributed by atoms with van der Waals surface area (Å²) in [6, 6.07) is 3.96. The number of benzene rings is 1. The van der Waals surface area contributed by atoms with Crippen LogP contribution in [0.1, 0.15) is 17.3 Å². The SMILES string of the molecule is CC(CO)(CO)NC(=O)c1cccc(O)c1O. The van der Waals surface area contributed by atoms with Crippen molar-refractivity contribution in [2.45, 2.75) is 12.5 Å². The van der Waals surface area contributed by atoms with E-state index < -0.39 is 36.2 Å². The normalized spacial score (nSPS) is 11.2. The van der Waals surface area contributed by atoms with E-state index in [0.29, 0.717) is 0 Å². The lowest BCUT2D eigenvalue weighted by molar-refractivity contribution is 0.0721. The molecule has 1 aromatic rings. The number of aliphatic hydroxyl groups excluding tert-OH is 2. The number of para-hydroxylation sites is 1. The van der Waals surface area contributed by atoms with Crippen LogP contribution < -0.4 is 5.32 Å². The number of hydrogen-bond acceptors (Lipinski definition) is 5. The Morgan fingerprint density at radius 2 is 1.88 bits per heavy atom. The molecule has 0 aromatic heterocycles. The van der Waals surface area contributed by atoms with Crippen molar-refractivity contribution in [3.63, 3.8) is 0 Å². The van der Waals surface area contributed by atoms with Crippen LogP contribution >= 0.6 is 0 Å². The van der Waals surface area contributed by atoms with Crippen molar-refractivity contribution in [2.75, 3.05) is 13.2 Å². The predicted molar refractivity (Wildman–Crippen MR) is 59.8 cm³/mol. The van der Waals surface area contributed by atoms with Crippen molar-refractivity contribution >= 4 is 5.91 Å². The summed E-state index contributed by atoms with van der Waals surface area (Å²) < 4.78 is 0. The van der Waals surface area contributed by atoms with Gasteiger partial charge in [0.2, 0.25) is 0 Å². The van der Waals surface area contributed by atoms with Gasteiger partial charge in [0.15, 0.2) is 11.5 Å². The van der Waals surface area contributed by atoms with Gasteiger partial charge in [0.05, 0.1) is 24.3 Å². The highest BCUT2D eigenvalue weighted by molar-refractivity contribution is 5.98. The van der Waals surface area contributed by atoms with E-state index in [1.165, 1.54) is 25.1 Å². The van der Waals surface area contributed by atoms with Gasteiger partial charge in [0, 0.05) is 0 Å². The monoisotopic (exact) mass is 241 g/mol. The molecule has 0 fully saturated rings. The second kappa shape index (κ2) is 5.03. The molecular formula is C11H15NO5. The molecule has 0 aliphatic rings. The summed E-state index contributed by atoms with van der Waals surface area (Å²) in [5.74, 6) is -1.64. The Balaban J connectivity index is 2.94. The first kappa shape index (κ1) is 13.3. The first-order valence-electron chi connectivity index (χ1n) is 4.98. The summed E-state index contributed by atoms with van der Waals surface area (Å²) in [6.45, 7) is 0.550. The highest BCUT2D eigenvalue weighted by atomic mass is 16.3. The van der Waals surface area contributed by atoms with Crippen molar-refractivity contribution in [1.29, 1.82) is 0 Å². The summed E-state index contributed by atoms with van der Waals surface area (Å²) in [4.78, 5) is 11.7. The largest absolute Gasteiger partial charge is 0.504 e. The van der Waals surface area contributed by atoms with Gasteiger partial charge in [0.1, 0.15) is 0 Å². The zero-order chi connectivity index (χ0) is 13.1. The number of nitrogens with one attached hydrogen (secondary N) is 1. The van der Waals surface area contributed by atoms with E-state index in [2.05, 4.69) is 5.32 Å². The number of amides is 1. The molecule has 1 amide bonds. The maximum atomic E-state index is 11.7. The fourth-order valence-corrected chi connectivity index (χ4v) is 1.19. The molecule has 5 N–H and O–H groups in total. The molecular weight excluding hydrogens is 226 g/mol. The van der Waals surface area contributed by atoms with E-state index in [-0.39, 0.29) is 5.56 Å². The molecule has 17 heavy (non-hydrogen) atoms. The van der Waals surface area contributed by atoms with Crippen LogP contribution in [-0.2, 0) is 0 Å². The lowest BCUT2D eigenvalue weighted by Gasteiger charge is -2.26. The first-order chi connectivity index (χ1) is 7.93. The molecule has 0 bridgehead atoms. The van der Waals surface area contributed by atoms with Crippen LogP contribution in [0.15, 0.2) is 18.2 Å². The number of aliphatic hydroxyl groups is 2. The minimum atomic E-state index is -1.19. The van der Waals surface area contributed by atoms with Crippen molar-refractivity contribution in [1.82, 2.24) is 5.32 Å². The zero-order valence-electron chi connectivity index (χ0n) is 9.34. The second-order valence-corrected chi connectivity index (χ2v) is 4.00. The van der Waals surface area contributed by atoms with Gasteiger partial charge in [-0.2, -0.15) is 0 Å². The van der Waals surface area contributed by atoms with Crippen LogP contribution in [0.2, 0.25) is 0 Å². The molecule has 0 spiro atoms. The Hall–Kier alpha value is -1.79. The first-order valence-corrected chi connectivity index (χ1v) is 4.98. The molecule has 0 aliphatic carbocycles. The average molecular weight is 241 g/mol. The van der Waals surface area contributed by atoms with Crippen molar-refractivity contribution in [3.8, 4) is 11.5 Å². The van der Waals surface area contributed by atoms with Crippen LogP contribution in [0.25, 0.3) is 0 Å². The molecule has 94 valence electrons. The summed E-state index contributed by atoms with van der Waals surface area (Å²) in [7, 11) is 0. The minimum absolute atomic E-state index is 0.127. The fraction of sp³-hybridized carbons (Fsp3) is 0.364. The molecule has 1 rings (SSSR count). The van der Waals surface area contributed by atoms with Gasteiger partial charge in [0.25, 0.3) is 5.91 Å². The van der Waals surface area contributed by atoms with Gasteiger partial charge in [-0.15, -0.1) is 0 Å². The van der Waals surface area contributed by atoms with Crippen LogP contribution in [0.3, 0.4) is 0 Å². The second-order valence-electron chi connectivity index (χ2n) is 4.00. The Bertz CT molecular complexity index is 414. The maximum Gasteiger partial charge on any atom is 0.255 e. The molecule has 0 heterocycles. The van der Waals surface area contributed by atoms with E-state index >= 15 is 0 Å². The number of phenolic OH excluding ortho intramolecular Hbond substituents is 2. The van der Waals surface area contributed by atoms with E-state index in [1.807, 2.05) is 0 Å². The zero-order valence-corrected chi connectivity index (χ0v) is 9.34. The number of carbonyl (C=O) groups is 1. The molecule has 6 nitrogen and oxygen atoms in total. The van der Waals surface area contributed by atoms with Crippen molar-refractivity contribution in [2.24, 2.45) is 0 Å². The van der Waals surface area contributed by atoms with Gasteiger partial charge in [-0.25, -0.2) is 0 Å². The van der Waals surface area contributed by atoms with Gasteiger partial charge in [-0.05, 0) is 19.1 Å². The highest BCUT2D eigenvalue weighted by Gasteiger charge is 2.26. The Morgan fingerprint density at radius 1 is 1.29 bits per heavy atom. The number of phenols is 2. The van der Waals surface area contributed by atoms with Crippen LogP contribution in [0.5, 0.6) is 11.5 Å². The lowest BCUT2D eigenvalue weighted by atomic mass is 10.0. The van der Waals surface area contributed by atoms with Gasteiger partial charge in [-0.1, -0.05) is 6.07 Å². The van der Waals surface area contributed by atoms with Gasteiger partial charge in [-0.3, -0.25) is 4.79 Å². The highest BCUT2D eigenvalue weighted by Crippen LogP contribution is 2.28. The average Bonchev–Trinajstić information content (AvgIpc) is 2.32. The van der Waals surface area contributed by atoms with Crippen molar-refractivity contribution in [3.05, 3.63) is 23.8 Å². The topological polar surface area (TPSA) is 110 Å². The summed E-state index contributed by atoms with van der Waals surface area (Å²) >= 11 is 0. The third-order valence-corrected chi connectivity index (χ3v) is 2.37. The fourth-order valence-electron chi connectivity index (χ4n) is 1.19. The van der Waals surface area contributed by atoms with Gasteiger partial charge < -0.3 is 25.7 Å². The Kier molecular flexibility index (Phi) is 3.93. The van der Waals surface area contributed by atoms with E-state index in [0.717, 1.165) is 0 Å². The van der Waals surface area contributed by atoms with Crippen LogP contribution in [0, 0.1) is 0 Å². The molecule has 0 aliphatic heterocycles. The standard InChI is InChI=1S/C11H15NO5/c1-11(5-13,6-14)12-10(17)7-3-2-4-8(15)9(7)16/h2-4,13-16H,5-6H2,1H3,(H,12,17). The molecule has 1 aromatic carbocycles. The number of hydrogen-bond donors (Lipinski definition) is 5. The predicted octanol–water partition coefficient (Wildman–Crippen LogP) is -0.429. The molecule has 0 saturated carbocycles. The molecule has 0 radical (unpaired) electrons. The van der Waals surface area contributed by atoms with E-state index in [4.69, 9.17) is 10.2 Å². The van der Waals surface area contributed by atoms with Crippen LogP contribution in [0.4, 0.5) is 0 Å². The van der Waals surface area contributed by atoms with Crippen LogP contribution in [-0.4, -0.2) is 45.1 Å². The van der Waals surface area contributed by atoms with E-state index in [1.54, 1.807) is 0 Å². The van der Waals surface area contributed by atoms with Crippen molar-refractivity contribution < 1.29 is 25.2 Å². The Morgan fingerprint density at radius 3 is 2.41 bits per heavy atom. The third kappa shape index (κ3) is 2.86. The van der Waals surface area contributed by atoms with Gasteiger partial charge >= 0.3 is 0 Å². The molecule has 0 saturated heterocycles. The molecule has 0 unspecified atom stereocenters. The third-order valence-electron chi connectivity index (χ3n) is 2.37. The lowest BCUT2D eigenvalue weighted by Crippen LogP contribution is -2.51. The molecule has 0 atom stereocenters. The quantitative estimate of drug-likeness (QED) is 0.459. The number of aromatic hydroxyl groups is 2. The summed E-state index contributed by atoms with van der Waals surface area (Å²) in [6.07, 6.45) is 0. The van der Waals surface area contributed by atoms with E-state index in [9.17, 15) is 15.0 Å². The number of rotatable bonds is 4. The summed E-state index contributed by atoms with van der Waals surface area (Å²) in [5, 5.41) is 39.1. The molecule has 6 heteroatoms.